The molecule has 32 heavy (non-hydrogen) atoms. The van der Waals surface area contributed by atoms with Crippen molar-refractivity contribution in [3.05, 3.63) is 24.0 Å². The van der Waals surface area contributed by atoms with Crippen LogP contribution in [0.2, 0.25) is 0 Å². The lowest BCUT2D eigenvalue weighted by Gasteiger charge is -2.29. The number of rotatable bonds is 9. The third kappa shape index (κ3) is 6.32. The van der Waals surface area contributed by atoms with E-state index in [0.717, 1.165) is 37.3 Å². The molecular weight excluding hydrogens is 408 g/mol. The SMILES string of the molecule is COCCNC(=O)NC1CCC(Nc2nccc(Nc3cc(C4CCCC4)[nH]n3)n2)CC1. The number of carbonyl (C=O) groups is 1. The van der Waals surface area contributed by atoms with Crippen molar-refractivity contribution >= 4 is 23.6 Å². The summed E-state index contributed by atoms with van der Waals surface area (Å²) in [6.45, 7) is 1.03. The summed E-state index contributed by atoms with van der Waals surface area (Å²) in [7, 11) is 1.62. The quantitative estimate of drug-likeness (QED) is 0.377. The fourth-order valence-corrected chi connectivity index (χ4v) is 4.54. The van der Waals surface area contributed by atoms with Crippen LogP contribution in [-0.4, -0.2) is 58.5 Å². The maximum absolute atomic E-state index is 11.9. The zero-order chi connectivity index (χ0) is 22.2. The van der Waals surface area contributed by atoms with Crippen molar-refractivity contribution in [3.8, 4) is 0 Å². The molecule has 0 aromatic carbocycles. The van der Waals surface area contributed by atoms with E-state index in [-0.39, 0.29) is 12.1 Å². The molecule has 4 rings (SSSR count). The number of carbonyl (C=O) groups excluding carboxylic acids is 1. The molecule has 0 saturated heterocycles. The topological polar surface area (TPSA) is 129 Å². The fraction of sp³-hybridized carbons (Fsp3) is 0.636. The van der Waals surface area contributed by atoms with Crippen LogP contribution in [0.25, 0.3) is 0 Å². The van der Waals surface area contributed by atoms with Crippen LogP contribution in [-0.2, 0) is 4.74 Å². The highest BCUT2D eigenvalue weighted by molar-refractivity contribution is 5.74. The molecule has 2 fully saturated rings. The van der Waals surface area contributed by atoms with Crippen molar-refractivity contribution in [2.24, 2.45) is 0 Å². The number of urea groups is 1. The predicted molar refractivity (Wildman–Crippen MR) is 123 cm³/mol. The number of ether oxygens (including phenoxy) is 1. The molecule has 10 nitrogen and oxygen atoms in total. The van der Waals surface area contributed by atoms with E-state index >= 15 is 0 Å². The largest absolute Gasteiger partial charge is 0.383 e. The molecule has 0 unspecified atom stereocenters. The third-order valence-electron chi connectivity index (χ3n) is 6.29. The van der Waals surface area contributed by atoms with Gasteiger partial charge in [-0.3, -0.25) is 5.10 Å². The Kier molecular flexibility index (Phi) is 7.76. The standard InChI is InChI=1S/C22H34N8O2/c1-32-13-12-24-22(31)26-17-8-6-16(7-9-17)25-21-23-11-10-19(28-21)27-20-14-18(29-30-20)15-4-2-3-5-15/h10-11,14-17H,2-9,12-13H2,1H3,(H2,24,26,31)(H3,23,25,27,28,29,30). The van der Waals surface area contributed by atoms with Crippen molar-refractivity contribution in [1.82, 2.24) is 30.8 Å². The number of aromatic nitrogens is 4. The van der Waals surface area contributed by atoms with Crippen LogP contribution in [0.1, 0.15) is 63.0 Å². The second-order valence-corrected chi connectivity index (χ2v) is 8.67. The zero-order valence-corrected chi connectivity index (χ0v) is 18.7. The first-order valence-electron chi connectivity index (χ1n) is 11.6. The summed E-state index contributed by atoms with van der Waals surface area (Å²) < 4.78 is 4.94. The van der Waals surface area contributed by atoms with Crippen molar-refractivity contribution in [2.75, 3.05) is 30.9 Å². The first-order chi connectivity index (χ1) is 15.7. The predicted octanol–water partition coefficient (Wildman–Crippen LogP) is 3.27. The molecule has 2 saturated carbocycles. The Labute approximate surface area is 188 Å². The molecule has 2 heterocycles. The van der Waals surface area contributed by atoms with Crippen LogP contribution in [0.5, 0.6) is 0 Å². The van der Waals surface area contributed by atoms with E-state index in [2.05, 4.69) is 47.5 Å². The number of H-pyrrole nitrogens is 1. The van der Waals surface area contributed by atoms with Gasteiger partial charge in [0.2, 0.25) is 5.95 Å². The second-order valence-electron chi connectivity index (χ2n) is 8.67. The maximum atomic E-state index is 11.9. The van der Waals surface area contributed by atoms with Crippen molar-refractivity contribution < 1.29 is 9.53 Å². The minimum atomic E-state index is -0.130. The van der Waals surface area contributed by atoms with Gasteiger partial charge < -0.3 is 26.0 Å². The number of hydrogen-bond acceptors (Lipinski definition) is 7. The highest BCUT2D eigenvalue weighted by Gasteiger charge is 2.23. The highest BCUT2D eigenvalue weighted by Crippen LogP contribution is 2.34. The van der Waals surface area contributed by atoms with Gasteiger partial charge in [-0.25, -0.2) is 9.78 Å². The van der Waals surface area contributed by atoms with Crippen molar-refractivity contribution in [2.45, 2.75) is 69.4 Å². The van der Waals surface area contributed by atoms with Crippen LogP contribution < -0.4 is 21.3 Å². The summed E-state index contributed by atoms with van der Waals surface area (Å²) in [5.74, 6) is 2.71. The van der Waals surface area contributed by atoms with E-state index in [1.54, 1.807) is 13.3 Å². The lowest BCUT2D eigenvalue weighted by molar-refractivity contribution is 0.194. The lowest BCUT2D eigenvalue weighted by Crippen LogP contribution is -2.45. The molecule has 2 amide bonds. The number of hydrogen-bond donors (Lipinski definition) is 5. The molecule has 2 aromatic rings. The first-order valence-corrected chi connectivity index (χ1v) is 11.6. The van der Waals surface area contributed by atoms with Crippen molar-refractivity contribution in [3.63, 3.8) is 0 Å². The van der Waals surface area contributed by atoms with Gasteiger partial charge in [0.15, 0.2) is 5.82 Å². The van der Waals surface area contributed by atoms with Gasteiger partial charge in [-0.2, -0.15) is 10.1 Å². The first kappa shape index (κ1) is 22.3. The van der Waals surface area contributed by atoms with E-state index in [1.807, 2.05) is 6.07 Å². The number of nitrogens with one attached hydrogen (secondary N) is 5. The molecule has 0 atom stereocenters. The van der Waals surface area contributed by atoms with Gasteiger partial charge >= 0.3 is 6.03 Å². The lowest BCUT2D eigenvalue weighted by atomic mass is 9.91. The summed E-state index contributed by atoms with van der Waals surface area (Å²) >= 11 is 0. The summed E-state index contributed by atoms with van der Waals surface area (Å²) in [6.07, 6.45) is 10.6. The average Bonchev–Trinajstić information content (AvgIpc) is 3.48. The Hall–Kier alpha value is -2.88. The minimum absolute atomic E-state index is 0.130. The summed E-state index contributed by atoms with van der Waals surface area (Å²) in [6, 6.07) is 4.29. The van der Waals surface area contributed by atoms with Crippen LogP contribution in [0, 0.1) is 0 Å². The number of nitrogens with zero attached hydrogens (tertiary/aromatic N) is 3. The van der Waals surface area contributed by atoms with Crippen LogP contribution >= 0.6 is 0 Å². The number of amides is 2. The molecule has 174 valence electrons. The summed E-state index contributed by atoms with van der Waals surface area (Å²) in [4.78, 5) is 20.9. The summed E-state index contributed by atoms with van der Waals surface area (Å²) in [5.41, 5.74) is 1.20. The fourth-order valence-electron chi connectivity index (χ4n) is 4.54. The molecule has 2 aliphatic carbocycles. The van der Waals surface area contributed by atoms with E-state index in [1.165, 1.54) is 31.4 Å². The van der Waals surface area contributed by atoms with Gasteiger partial charge in [0, 0.05) is 49.6 Å². The molecule has 0 radical (unpaired) electrons. The van der Waals surface area contributed by atoms with Crippen LogP contribution in [0.4, 0.5) is 22.4 Å². The van der Waals surface area contributed by atoms with E-state index < -0.39 is 0 Å². The Morgan fingerprint density at radius 3 is 2.69 bits per heavy atom. The third-order valence-corrected chi connectivity index (χ3v) is 6.29. The van der Waals surface area contributed by atoms with Gasteiger partial charge in [-0.05, 0) is 44.6 Å². The molecule has 10 heteroatoms. The van der Waals surface area contributed by atoms with E-state index in [4.69, 9.17) is 4.74 Å². The van der Waals surface area contributed by atoms with Crippen molar-refractivity contribution in [1.29, 1.82) is 0 Å². The molecule has 5 N–H and O–H groups in total. The molecule has 0 bridgehead atoms. The highest BCUT2D eigenvalue weighted by atomic mass is 16.5. The monoisotopic (exact) mass is 442 g/mol. The van der Waals surface area contributed by atoms with Crippen LogP contribution in [0.3, 0.4) is 0 Å². The Morgan fingerprint density at radius 2 is 1.91 bits per heavy atom. The Bertz CT molecular complexity index is 859. The molecule has 0 spiro atoms. The summed E-state index contributed by atoms with van der Waals surface area (Å²) in [5, 5.41) is 20.1. The molecule has 0 aliphatic heterocycles. The molecular formula is C22H34N8O2. The zero-order valence-electron chi connectivity index (χ0n) is 18.7. The number of anilines is 3. The maximum Gasteiger partial charge on any atom is 0.315 e. The van der Waals surface area contributed by atoms with Gasteiger partial charge in [-0.15, -0.1) is 0 Å². The Balaban J connectivity index is 1.23. The second kappa shape index (κ2) is 11.1. The van der Waals surface area contributed by atoms with E-state index in [0.29, 0.717) is 31.1 Å². The van der Waals surface area contributed by atoms with Crippen LogP contribution in [0.15, 0.2) is 18.3 Å². The van der Waals surface area contributed by atoms with Gasteiger partial charge in [-0.1, -0.05) is 12.8 Å². The smallest absolute Gasteiger partial charge is 0.315 e. The molecule has 2 aromatic heterocycles. The number of aromatic amines is 1. The average molecular weight is 443 g/mol. The van der Waals surface area contributed by atoms with Gasteiger partial charge in [0.05, 0.1) is 6.61 Å². The number of methoxy groups -OCH3 is 1. The minimum Gasteiger partial charge on any atom is -0.383 e. The Morgan fingerprint density at radius 1 is 1.12 bits per heavy atom. The molecule has 2 aliphatic rings. The van der Waals surface area contributed by atoms with Gasteiger partial charge in [0.1, 0.15) is 5.82 Å². The van der Waals surface area contributed by atoms with E-state index in [9.17, 15) is 4.79 Å². The normalized spacial score (nSPS) is 21.3. The van der Waals surface area contributed by atoms with Gasteiger partial charge in [0.25, 0.3) is 0 Å².